The van der Waals surface area contributed by atoms with Crippen molar-refractivity contribution in [1.82, 2.24) is 10.2 Å². The van der Waals surface area contributed by atoms with E-state index in [2.05, 4.69) is 10.2 Å². The number of carbonyl (C=O) groups is 1. The Balaban J connectivity index is 2.56. The molecule has 1 amide bonds. The van der Waals surface area contributed by atoms with E-state index in [4.69, 9.17) is 0 Å². The van der Waals surface area contributed by atoms with Crippen LogP contribution in [0.25, 0.3) is 0 Å². The summed E-state index contributed by atoms with van der Waals surface area (Å²) in [5.74, 6) is -0.129. The zero-order valence-corrected chi connectivity index (χ0v) is 12.0. The van der Waals surface area contributed by atoms with E-state index in [1.165, 1.54) is 0 Å². The van der Waals surface area contributed by atoms with Crippen LogP contribution in [0, 0.1) is 0 Å². The van der Waals surface area contributed by atoms with E-state index in [1.54, 1.807) is 6.07 Å². The average molecular weight is 264 g/mol. The molecule has 1 aromatic rings. The molecular weight excluding hydrogens is 240 g/mol. The van der Waals surface area contributed by atoms with Gasteiger partial charge in [-0.05, 0) is 38.2 Å². The van der Waals surface area contributed by atoms with Crippen molar-refractivity contribution in [2.45, 2.75) is 32.4 Å². The van der Waals surface area contributed by atoms with Gasteiger partial charge in [0.2, 0.25) is 0 Å². The fraction of sp³-hybridized carbons (Fsp3) is 0.533. The molecule has 0 bridgehead atoms. The van der Waals surface area contributed by atoms with Crippen LogP contribution in [0.2, 0.25) is 0 Å². The summed E-state index contributed by atoms with van der Waals surface area (Å²) < 4.78 is 0. The first-order valence-electron chi connectivity index (χ1n) is 6.73. The van der Waals surface area contributed by atoms with Crippen LogP contribution in [0.1, 0.15) is 35.7 Å². The van der Waals surface area contributed by atoms with Crippen LogP contribution in [0.3, 0.4) is 0 Å². The van der Waals surface area contributed by atoms with E-state index in [-0.39, 0.29) is 5.91 Å². The van der Waals surface area contributed by atoms with Crippen LogP contribution in [0.15, 0.2) is 24.3 Å². The summed E-state index contributed by atoms with van der Waals surface area (Å²) in [6.07, 6.45) is 1.16. The molecule has 0 spiro atoms. The van der Waals surface area contributed by atoms with Gasteiger partial charge in [-0.3, -0.25) is 4.79 Å². The molecule has 1 rings (SSSR count). The minimum atomic E-state index is -0.459. The summed E-state index contributed by atoms with van der Waals surface area (Å²) in [7, 11) is 3.99. The molecule has 0 aliphatic carbocycles. The van der Waals surface area contributed by atoms with E-state index in [1.807, 2.05) is 39.2 Å². The molecule has 0 heterocycles. The lowest BCUT2D eigenvalue weighted by Gasteiger charge is -2.12. The maximum atomic E-state index is 12.0. The van der Waals surface area contributed by atoms with Crippen molar-refractivity contribution in [2.24, 2.45) is 0 Å². The van der Waals surface area contributed by atoms with Crippen molar-refractivity contribution in [2.75, 3.05) is 20.6 Å². The minimum absolute atomic E-state index is 0.129. The second-order valence-electron chi connectivity index (χ2n) is 5.09. The van der Waals surface area contributed by atoms with Crippen LogP contribution in [-0.2, 0) is 6.54 Å². The van der Waals surface area contributed by atoms with Gasteiger partial charge in [-0.15, -0.1) is 0 Å². The fourth-order valence-corrected chi connectivity index (χ4v) is 1.92. The number of nitrogens with zero attached hydrogens (tertiary/aromatic N) is 1. The Morgan fingerprint density at radius 1 is 1.42 bits per heavy atom. The zero-order chi connectivity index (χ0) is 14.3. The third-order valence-electron chi connectivity index (χ3n) is 2.81. The topological polar surface area (TPSA) is 52.6 Å². The summed E-state index contributed by atoms with van der Waals surface area (Å²) in [6, 6.07) is 7.57. The van der Waals surface area contributed by atoms with Crippen molar-refractivity contribution in [3.63, 3.8) is 0 Å². The third-order valence-corrected chi connectivity index (χ3v) is 2.81. The predicted molar refractivity (Wildman–Crippen MR) is 77.1 cm³/mol. The van der Waals surface area contributed by atoms with Crippen LogP contribution in [0.4, 0.5) is 0 Å². The number of benzene rings is 1. The van der Waals surface area contributed by atoms with E-state index in [0.29, 0.717) is 18.5 Å². The average Bonchev–Trinajstić information content (AvgIpc) is 2.36. The predicted octanol–water partition coefficient (Wildman–Crippen LogP) is 1.64. The molecule has 1 aromatic carbocycles. The molecule has 0 saturated heterocycles. The maximum Gasteiger partial charge on any atom is 0.251 e. The van der Waals surface area contributed by atoms with Crippen molar-refractivity contribution >= 4 is 5.91 Å². The lowest BCUT2D eigenvalue weighted by Crippen LogP contribution is -2.32. The first kappa shape index (κ1) is 15.7. The van der Waals surface area contributed by atoms with Crippen LogP contribution < -0.4 is 5.32 Å². The highest BCUT2D eigenvalue weighted by atomic mass is 16.3. The zero-order valence-electron chi connectivity index (χ0n) is 12.0. The molecule has 0 aliphatic heterocycles. The normalized spacial score (nSPS) is 12.5. The van der Waals surface area contributed by atoms with Crippen LogP contribution in [0.5, 0.6) is 0 Å². The van der Waals surface area contributed by atoms with Crippen molar-refractivity contribution in [3.05, 3.63) is 35.4 Å². The van der Waals surface area contributed by atoms with Gasteiger partial charge in [0.15, 0.2) is 0 Å². The molecule has 0 saturated carbocycles. The quantitative estimate of drug-likeness (QED) is 0.787. The summed E-state index contributed by atoms with van der Waals surface area (Å²) >= 11 is 0. The summed E-state index contributed by atoms with van der Waals surface area (Å²) in [5.41, 5.74) is 1.75. The van der Waals surface area contributed by atoms with E-state index < -0.39 is 6.10 Å². The number of carbonyl (C=O) groups excluding carboxylic acids is 1. The van der Waals surface area contributed by atoms with Gasteiger partial charge >= 0.3 is 0 Å². The van der Waals surface area contributed by atoms with Gasteiger partial charge in [-0.25, -0.2) is 0 Å². The number of hydrogen-bond acceptors (Lipinski definition) is 3. The summed E-state index contributed by atoms with van der Waals surface area (Å²) in [5, 5.41) is 12.4. The highest BCUT2D eigenvalue weighted by Crippen LogP contribution is 2.07. The highest BCUT2D eigenvalue weighted by molar-refractivity contribution is 5.94. The molecule has 0 aromatic heterocycles. The highest BCUT2D eigenvalue weighted by Gasteiger charge is 2.09. The molecule has 4 heteroatoms. The largest absolute Gasteiger partial charge is 0.391 e. The second kappa shape index (κ2) is 7.92. The Bertz CT molecular complexity index is 405. The van der Waals surface area contributed by atoms with Gasteiger partial charge in [-0.2, -0.15) is 0 Å². The van der Waals surface area contributed by atoms with Crippen LogP contribution in [-0.4, -0.2) is 42.7 Å². The monoisotopic (exact) mass is 264 g/mol. The number of rotatable bonds is 7. The van der Waals surface area contributed by atoms with Gasteiger partial charge in [0.05, 0.1) is 6.10 Å². The fourth-order valence-electron chi connectivity index (χ4n) is 1.92. The number of nitrogens with one attached hydrogen (secondary N) is 1. The SMILES string of the molecule is CCCC(O)CNC(=O)c1cccc(CN(C)C)c1. The first-order valence-corrected chi connectivity index (χ1v) is 6.73. The Hall–Kier alpha value is -1.39. The smallest absolute Gasteiger partial charge is 0.251 e. The maximum absolute atomic E-state index is 12.0. The van der Waals surface area contributed by atoms with E-state index in [0.717, 1.165) is 18.5 Å². The molecule has 0 radical (unpaired) electrons. The third kappa shape index (κ3) is 5.85. The van der Waals surface area contributed by atoms with Gasteiger partial charge in [0, 0.05) is 18.7 Å². The molecule has 2 N–H and O–H groups in total. The Kier molecular flexibility index (Phi) is 6.53. The van der Waals surface area contributed by atoms with Crippen molar-refractivity contribution < 1.29 is 9.90 Å². The first-order chi connectivity index (χ1) is 9.02. The van der Waals surface area contributed by atoms with Gasteiger partial charge in [0.25, 0.3) is 5.91 Å². The van der Waals surface area contributed by atoms with Crippen molar-refractivity contribution in [1.29, 1.82) is 0 Å². The lowest BCUT2D eigenvalue weighted by molar-refractivity contribution is 0.0910. The minimum Gasteiger partial charge on any atom is -0.391 e. The van der Waals surface area contributed by atoms with Gasteiger partial charge in [0.1, 0.15) is 0 Å². The molecule has 0 fully saturated rings. The molecule has 106 valence electrons. The number of aliphatic hydroxyl groups excluding tert-OH is 1. The Labute approximate surface area is 115 Å². The van der Waals surface area contributed by atoms with E-state index in [9.17, 15) is 9.90 Å². The molecule has 1 atom stereocenters. The lowest BCUT2D eigenvalue weighted by atomic mass is 10.1. The molecular formula is C15H24N2O2. The standard InChI is InChI=1S/C15H24N2O2/c1-4-6-14(18)10-16-15(19)13-8-5-7-12(9-13)11-17(2)3/h5,7-9,14,18H,4,6,10-11H2,1-3H3,(H,16,19). The molecule has 4 nitrogen and oxygen atoms in total. The second-order valence-corrected chi connectivity index (χ2v) is 5.09. The Morgan fingerprint density at radius 3 is 2.79 bits per heavy atom. The summed E-state index contributed by atoms with van der Waals surface area (Å²) in [6.45, 7) is 3.12. The van der Waals surface area contributed by atoms with Crippen LogP contribution >= 0.6 is 0 Å². The molecule has 1 unspecified atom stereocenters. The number of amides is 1. The Morgan fingerprint density at radius 2 is 2.16 bits per heavy atom. The van der Waals surface area contributed by atoms with Crippen molar-refractivity contribution in [3.8, 4) is 0 Å². The summed E-state index contributed by atoms with van der Waals surface area (Å²) in [4.78, 5) is 14.0. The number of hydrogen-bond donors (Lipinski definition) is 2. The van der Waals surface area contributed by atoms with Gasteiger partial charge in [-0.1, -0.05) is 25.5 Å². The number of aliphatic hydroxyl groups is 1. The molecule has 0 aliphatic rings. The molecule has 19 heavy (non-hydrogen) atoms. The van der Waals surface area contributed by atoms with Gasteiger partial charge < -0.3 is 15.3 Å². The van der Waals surface area contributed by atoms with E-state index >= 15 is 0 Å².